The molecule has 0 aliphatic carbocycles. The van der Waals surface area contributed by atoms with Gasteiger partial charge in [-0.1, -0.05) is 80.2 Å². The fourth-order valence-corrected chi connectivity index (χ4v) is 5.35. The van der Waals surface area contributed by atoms with Gasteiger partial charge in [0.2, 0.25) is 0 Å². The molecule has 7 aromatic rings. The number of pyridine rings is 1. The number of furan rings is 1. The van der Waals surface area contributed by atoms with Gasteiger partial charge in [-0.05, 0) is 55.0 Å². The van der Waals surface area contributed by atoms with E-state index in [9.17, 15) is 0 Å². The summed E-state index contributed by atoms with van der Waals surface area (Å²) in [6, 6.07) is 30.7. The van der Waals surface area contributed by atoms with Gasteiger partial charge in [0.15, 0.2) is 6.39 Å². The summed E-state index contributed by atoms with van der Waals surface area (Å²) in [6.07, 6.45) is 7.21. The number of fused-ring (bicyclic) bond motifs is 3. The van der Waals surface area contributed by atoms with Crippen molar-refractivity contribution < 1.29 is 28.9 Å². The van der Waals surface area contributed by atoms with Gasteiger partial charge in [0, 0.05) is 48.8 Å². The van der Waals surface area contributed by atoms with Crippen LogP contribution in [0.1, 0.15) is 36.2 Å². The maximum absolute atomic E-state index is 6.21. The second kappa shape index (κ2) is 11.9. The summed E-state index contributed by atoms with van der Waals surface area (Å²) in [6.45, 7) is 8.68. The monoisotopic (exact) mass is 730 g/mol. The predicted octanol–water partition coefficient (Wildman–Crippen LogP) is 8.87. The molecule has 0 amide bonds. The molecule has 0 N–H and O–H groups in total. The smallest absolute Gasteiger partial charge is 0.168 e. The van der Waals surface area contributed by atoms with Gasteiger partial charge in [-0.2, -0.15) is 24.3 Å². The minimum atomic E-state index is -0.264. The molecule has 42 heavy (non-hydrogen) atoms. The number of hydrogen-bond acceptors (Lipinski definition) is 4. The number of aryl methyl sites for hydroxylation is 2. The molecule has 3 aromatic carbocycles. The SMILES string of the molecule is Cc1ccnc(C(C)(C)c2c[c-]cc3c2oc2ccccc23)c1C.Cn1c[c-]c(-c2ncoc2-c2ccccc2)c1.[Ir]. The maximum atomic E-state index is 6.21. The van der Waals surface area contributed by atoms with Crippen LogP contribution in [0.25, 0.3) is 44.5 Å². The molecule has 213 valence electrons. The molecular formula is C36H31IrN3O2-2. The Hall–Kier alpha value is -4.25. The Morgan fingerprint density at radius 2 is 1.64 bits per heavy atom. The Bertz CT molecular complexity index is 1960. The fourth-order valence-electron chi connectivity index (χ4n) is 5.35. The van der Waals surface area contributed by atoms with Crippen molar-refractivity contribution in [1.82, 2.24) is 14.5 Å². The third-order valence-electron chi connectivity index (χ3n) is 7.69. The molecular weight excluding hydrogens is 699 g/mol. The molecule has 1 radical (unpaired) electrons. The second-order valence-corrected chi connectivity index (χ2v) is 10.8. The molecule has 4 aromatic heterocycles. The van der Waals surface area contributed by atoms with Crippen LogP contribution in [0.3, 0.4) is 0 Å². The number of oxazole rings is 1. The predicted molar refractivity (Wildman–Crippen MR) is 164 cm³/mol. The van der Waals surface area contributed by atoms with Gasteiger partial charge in [0.25, 0.3) is 0 Å². The number of nitrogens with zero attached hydrogens (tertiary/aromatic N) is 3. The molecule has 4 heterocycles. The van der Waals surface area contributed by atoms with Crippen molar-refractivity contribution in [3.8, 4) is 22.6 Å². The van der Waals surface area contributed by atoms with Crippen molar-refractivity contribution in [3.05, 3.63) is 132 Å². The molecule has 5 nitrogen and oxygen atoms in total. The fraction of sp³-hybridized carbons (Fsp3) is 0.167. The normalized spacial score (nSPS) is 11.3. The van der Waals surface area contributed by atoms with E-state index in [0.29, 0.717) is 0 Å². The summed E-state index contributed by atoms with van der Waals surface area (Å²) in [5.74, 6) is 0.785. The third-order valence-corrected chi connectivity index (χ3v) is 7.69. The van der Waals surface area contributed by atoms with Crippen molar-refractivity contribution in [3.63, 3.8) is 0 Å². The van der Waals surface area contributed by atoms with Gasteiger partial charge in [0.1, 0.15) is 11.3 Å². The Kier molecular flexibility index (Phi) is 8.31. The van der Waals surface area contributed by atoms with Gasteiger partial charge in [0.05, 0.1) is 0 Å². The molecule has 0 aliphatic heterocycles. The van der Waals surface area contributed by atoms with Crippen LogP contribution < -0.4 is 0 Å². The zero-order valence-corrected chi connectivity index (χ0v) is 26.6. The summed E-state index contributed by atoms with van der Waals surface area (Å²) >= 11 is 0. The minimum Gasteiger partial charge on any atom is -0.482 e. The van der Waals surface area contributed by atoms with E-state index in [1.54, 1.807) is 0 Å². The quantitative estimate of drug-likeness (QED) is 0.170. The maximum Gasteiger partial charge on any atom is 0.168 e. The molecule has 0 saturated heterocycles. The number of benzene rings is 3. The van der Waals surface area contributed by atoms with Crippen molar-refractivity contribution >= 4 is 21.9 Å². The summed E-state index contributed by atoms with van der Waals surface area (Å²) in [7, 11) is 1.96. The Labute approximate surface area is 259 Å². The van der Waals surface area contributed by atoms with E-state index in [1.807, 2.05) is 90.9 Å². The molecule has 0 aliphatic rings. The Balaban J connectivity index is 0.000000173. The van der Waals surface area contributed by atoms with Gasteiger partial charge >= 0.3 is 0 Å². The van der Waals surface area contributed by atoms with Crippen LogP contribution in [0, 0.1) is 26.0 Å². The van der Waals surface area contributed by atoms with Gasteiger partial charge < -0.3 is 13.4 Å². The van der Waals surface area contributed by atoms with E-state index in [-0.39, 0.29) is 25.5 Å². The van der Waals surface area contributed by atoms with E-state index in [1.165, 1.54) is 17.5 Å². The van der Waals surface area contributed by atoms with E-state index in [2.05, 4.69) is 56.9 Å². The van der Waals surface area contributed by atoms with Crippen LogP contribution in [0.15, 0.2) is 107 Å². The average molecular weight is 730 g/mol. The minimum absolute atomic E-state index is 0. The molecule has 0 bridgehead atoms. The first kappa shape index (κ1) is 29.2. The molecule has 0 unspecified atom stereocenters. The van der Waals surface area contributed by atoms with Crippen molar-refractivity contribution in [2.75, 3.05) is 0 Å². The van der Waals surface area contributed by atoms with Gasteiger partial charge in [-0.15, -0.1) is 11.1 Å². The van der Waals surface area contributed by atoms with Crippen molar-refractivity contribution in [1.29, 1.82) is 0 Å². The topological polar surface area (TPSA) is 57.0 Å². The molecule has 0 atom stereocenters. The summed E-state index contributed by atoms with van der Waals surface area (Å²) in [5, 5.41) is 2.25. The van der Waals surface area contributed by atoms with E-state index < -0.39 is 0 Å². The van der Waals surface area contributed by atoms with Gasteiger partial charge in [-0.3, -0.25) is 9.97 Å². The zero-order chi connectivity index (χ0) is 28.6. The summed E-state index contributed by atoms with van der Waals surface area (Å²) in [4.78, 5) is 8.96. The molecule has 7 rings (SSSR count). The van der Waals surface area contributed by atoms with Crippen LogP contribution in [0.4, 0.5) is 0 Å². The number of para-hydroxylation sites is 1. The standard InChI is InChI=1S/C22H20NO.C14H11N2O.Ir/c1-14-12-13-23-21(15(14)2)22(3,4)18-10-7-9-17-16-8-5-6-11-19(16)24-20(17)18;1-16-8-7-12(9-16)13-14(17-10-15-13)11-5-3-2-4-6-11;/h5-6,8-13H,1-4H3;2-6,8-10H,1H3;/q2*-1;. The first-order valence-corrected chi connectivity index (χ1v) is 13.6. The van der Waals surface area contributed by atoms with E-state index in [0.717, 1.165) is 55.8 Å². The van der Waals surface area contributed by atoms with Crippen LogP contribution in [-0.2, 0) is 32.6 Å². The second-order valence-electron chi connectivity index (χ2n) is 10.8. The molecule has 0 fully saturated rings. The molecule has 0 spiro atoms. The number of aromatic nitrogens is 3. The van der Waals surface area contributed by atoms with Gasteiger partial charge in [-0.25, -0.2) is 0 Å². The van der Waals surface area contributed by atoms with E-state index >= 15 is 0 Å². The number of rotatable bonds is 4. The first-order valence-electron chi connectivity index (χ1n) is 13.6. The molecule has 6 heteroatoms. The number of hydrogen-bond donors (Lipinski definition) is 0. The summed E-state index contributed by atoms with van der Waals surface area (Å²) < 4.78 is 13.6. The summed E-state index contributed by atoms with van der Waals surface area (Å²) in [5.41, 5.74) is 9.08. The Morgan fingerprint density at radius 1 is 0.881 bits per heavy atom. The largest absolute Gasteiger partial charge is 0.482 e. The first-order chi connectivity index (χ1) is 19.8. The van der Waals surface area contributed by atoms with Crippen LogP contribution in [0.5, 0.6) is 0 Å². The van der Waals surface area contributed by atoms with Crippen molar-refractivity contribution in [2.45, 2.75) is 33.1 Å². The average Bonchev–Trinajstić information content (AvgIpc) is 3.73. The van der Waals surface area contributed by atoms with Crippen molar-refractivity contribution in [2.24, 2.45) is 7.05 Å². The van der Waals surface area contributed by atoms with Crippen LogP contribution in [0.2, 0.25) is 0 Å². The third kappa shape index (κ3) is 5.36. The van der Waals surface area contributed by atoms with Crippen LogP contribution in [-0.4, -0.2) is 14.5 Å². The van der Waals surface area contributed by atoms with Crippen LogP contribution >= 0.6 is 0 Å². The Morgan fingerprint density at radius 3 is 2.40 bits per heavy atom. The van der Waals surface area contributed by atoms with E-state index in [4.69, 9.17) is 13.8 Å². The zero-order valence-electron chi connectivity index (χ0n) is 24.2. The molecule has 0 saturated carbocycles.